The summed E-state index contributed by atoms with van der Waals surface area (Å²) in [6.07, 6.45) is 0. The van der Waals surface area contributed by atoms with E-state index >= 15 is 0 Å². The zero-order chi connectivity index (χ0) is 16.6. The third-order valence-corrected chi connectivity index (χ3v) is 5.59. The van der Waals surface area contributed by atoms with Crippen molar-refractivity contribution in [1.29, 1.82) is 0 Å². The second-order valence-electron chi connectivity index (χ2n) is 5.04. The van der Waals surface area contributed by atoms with E-state index < -0.39 is 10.0 Å². The van der Waals surface area contributed by atoms with Crippen molar-refractivity contribution in [1.82, 2.24) is 14.6 Å². The average molecular weight is 356 g/mol. The first-order chi connectivity index (χ1) is 11.6. The maximum Gasteiger partial charge on any atom is 0.264 e. The Bertz CT molecular complexity index is 1090. The van der Waals surface area contributed by atoms with Gasteiger partial charge in [-0.1, -0.05) is 48.5 Å². The van der Waals surface area contributed by atoms with Gasteiger partial charge in [-0.15, -0.1) is 16.4 Å². The van der Waals surface area contributed by atoms with E-state index in [1.54, 1.807) is 22.7 Å². The molecule has 0 bridgehead atoms. The van der Waals surface area contributed by atoms with Gasteiger partial charge in [0.1, 0.15) is 0 Å². The number of hydrogen-bond donors (Lipinski definition) is 1. The highest BCUT2D eigenvalue weighted by molar-refractivity contribution is 7.92. The van der Waals surface area contributed by atoms with E-state index in [0.29, 0.717) is 4.96 Å². The molecule has 0 amide bonds. The molecule has 8 heteroatoms. The maximum absolute atomic E-state index is 12.4. The van der Waals surface area contributed by atoms with Gasteiger partial charge in [-0.3, -0.25) is 0 Å². The van der Waals surface area contributed by atoms with Gasteiger partial charge in [0.15, 0.2) is 0 Å². The van der Waals surface area contributed by atoms with Crippen LogP contribution in [0.3, 0.4) is 0 Å². The number of thiazole rings is 1. The first-order valence-electron chi connectivity index (χ1n) is 7.11. The summed E-state index contributed by atoms with van der Waals surface area (Å²) in [7, 11) is -3.70. The van der Waals surface area contributed by atoms with Gasteiger partial charge in [0.25, 0.3) is 16.0 Å². The summed E-state index contributed by atoms with van der Waals surface area (Å²) in [4.78, 5) is 5.05. The Morgan fingerprint density at radius 1 is 0.958 bits per heavy atom. The van der Waals surface area contributed by atoms with Crippen LogP contribution in [0.5, 0.6) is 0 Å². The van der Waals surface area contributed by atoms with E-state index in [1.807, 2.05) is 35.7 Å². The predicted octanol–water partition coefficient (Wildman–Crippen LogP) is 3.26. The lowest BCUT2D eigenvalue weighted by molar-refractivity contribution is 0.601. The Balaban J connectivity index is 1.71. The summed E-state index contributed by atoms with van der Waals surface area (Å²) in [6.45, 7) is 0. The van der Waals surface area contributed by atoms with Gasteiger partial charge < -0.3 is 0 Å². The summed E-state index contributed by atoms with van der Waals surface area (Å²) in [5.41, 5.74) is 1.86. The monoisotopic (exact) mass is 356 g/mol. The van der Waals surface area contributed by atoms with Gasteiger partial charge in [0, 0.05) is 10.9 Å². The van der Waals surface area contributed by atoms with Gasteiger partial charge in [-0.25, -0.2) is 17.7 Å². The minimum absolute atomic E-state index is 0.0582. The molecule has 0 atom stereocenters. The van der Waals surface area contributed by atoms with E-state index in [0.717, 1.165) is 11.3 Å². The second kappa shape index (κ2) is 5.73. The lowest BCUT2D eigenvalue weighted by atomic mass is 10.2. The molecule has 4 aromatic rings. The van der Waals surface area contributed by atoms with Crippen LogP contribution in [0.1, 0.15) is 0 Å². The Labute approximate surface area is 142 Å². The molecule has 0 saturated carbocycles. The molecule has 2 aromatic heterocycles. The van der Waals surface area contributed by atoms with Crippen molar-refractivity contribution in [2.24, 2.45) is 0 Å². The van der Waals surface area contributed by atoms with E-state index in [4.69, 9.17) is 0 Å². The fourth-order valence-corrected chi connectivity index (χ4v) is 4.10. The molecule has 2 aromatic carbocycles. The number of rotatable bonds is 4. The van der Waals surface area contributed by atoms with Crippen LogP contribution >= 0.6 is 11.3 Å². The molecule has 6 nitrogen and oxygen atoms in total. The molecule has 24 heavy (non-hydrogen) atoms. The van der Waals surface area contributed by atoms with Crippen molar-refractivity contribution in [2.45, 2.75) is 4.90 Å². The van der Waals surface area contributed by atoms with Gasteiger partial charge in [0.05, 0.1) is 10.6 Å². The number of hydrogen-bond acceptors (Lipinski definition) is 5. The van der Waals surface area contributed by atoms with Crippen LogP contribution in [0, 0.1) is 0 Å². The number of anilines is 1. The van der Waals surface area contributed by atoms with Crippen LogP contribution in [0.4, 0.5) is 5.95 Å². The normalized spacial score (nSPS) is 11.7. The van der Waals surface area contributed by atoms with Crippen LogP contribution in [0.25, 0.3) is 16.2 Å². The molecule has 0 aliphatic heterocycles. The third kappa shape index (κ3) is 2.66. The molecule has 0 spiro atoms. The van der Waals surface area contributed by atoms with Crippen molar-refractivity contribution in [3.05, 3.63) is 66.0 Å². The first-order valence-corrected chi connectivity index (χ1v) is 9.47. The summed E-state index contributed by atoms with van der Waals surface area (Å²) in [5.74, 6) is 0.0582. The Morgan fingerprint density at radius 3 is 2.33 bits per heavy atom. The molecule has 1 N–H and O–H groups in total. The summed E-state index contributed by atoms with van der Waals surface area (Å²) >= 11 is 1.41. The Hall–Kier alpha value is -2.71. The van der Waals surface area contributed by atoms with Crippen molar-refractivity contribution in [3.63, 3.8) is 0 Å². The topological polar surface area (TPSA) is 76.4 Å². The minimum Gasteiger partial charge on any atom is -0.246 e. The van der Waals surface area contributed by atoms with Gasteiger partial charge >= 0.3 is 0 Å². The molecular formula is C16H12N4O2S2. The minimum atomic E-state index is -3.70. The quantitative estimate of drug-likeness (QED) is 0.609. The molecule has 0 saturated heterocycles. The second-order valence-corrected chi connectivity index (χ2v) is 7.55. The van der Waals surface area contributed by atoms with Gasteiger partial charge in [0.2, 0.25) is 4.96 Å². The van der Waals surface area contributed by atoms with E-state index in [9.17, 15) is 8.42 Å². The van der Waals surface area contributed by atoms with Crippen LogP contribution < -0.4 is 4.72 Å². The van der Waals surface area contributed by atoms with Crippen LogP contribution in [-0.4, -0.2) is 23.0 Å². The van der Waals surface area contributed by atoms with E-state index in [2.05, 4.69) is 14.8 Å². The van der Waals surface area contributed by atoms with E-state index in [-0.39, 0.29) is 10.8 Å². The van der Waals surface area contributed by atoms with Crippen molar-refractivity contribution in [3.8, 4) is 11.3 Å². The molecule has 0 aliphatic carbocycles. The largest absolute Gasteiger partial charge is 0.264 e. The highest BCUT2D eigenvalue weighted by Gasteiger charge is 2.18. The number of fused-ring (bicyclic) bond motifs is 1. The Kier molecular flexibility index (Phi) is 3.55. The predicted molar refractivity (Wildman–Crippen MR) is 93.6 cm³/mol. The number of nitrogens with one attached hydrogen (secondary N) is 1. The highest BCUT2D eigenvalue weighted by atomic mass is 32.2. The van der Waals surface area contributed by atoms with E-state index in [1.165, 1.54) is 23.5 Å². The fourth-order valence-electron chi connectivity index (χ4n) is 2.31. The lowest BCUT2D eigenvalue weighted by Crippen LogP contribution is -2.14. The van der Waals surface area contributed by atoms with Gasteiger partial charge in [-0.2, -0.15) is 4.98 Å². The summed E-state index contributed by atoms with van der Waals surface area (Å²) in [6, 6.07) is 17.9. The molecule has 0 radical (unpaired) electrons. The number of aromatic nitrogens is 3. The van der Waals surface area contributed by atoms with Crippen molar-refractivity contribution in [2.75, 3.05) is 4.72 Å². The molecule has 0 unspecified atom stereocenters. The fraction of sp³-hybridized carbons (Fsp3) is 0. The molecule has 4 rings (SSSR count). The highest BCUT2D eigenvalue weighted by Crippen LogP contribution is 2.26. The van der Waals surface area contributed by atoms with Crippen LogP contribution in [0.15, 0.2) is 70.9 Å². The zero-order valence-electron chi connectivity index (χ0n) is 12.3. The summed E-state index contributed by atoms with van der Waals surface area (Å²) in [5, 5.41) is 6.23. The third-order valence-electron chi connectivity index (χ3n) is 3.43. The smallest absolute Gasteiger partial charge is 0.246 e. The number of benzene rings is 2. The SMILES string of the molecule is O=S(=O)(Nc1nc2scc(-c3ccccc3)n2n1)c1ccccc1. The standard InChI is InChI=1S/C16H12N4O2S2/c21-24(22,13-9-5-2-6-10-13)19-15-17-16-20(18-15)14(11-23-16)12-7-3-1-4-8-12/h1-11H,(H,18,19). The lowest BCUT2D eigenvalue weighted by Gasteiger charge is -2.03. The molecular weight excluding hydrogens is 344 g/mol. The number of sulfonamides is 1. The Morgan fingerprint density at radius 2 is 1.62 bits per heavy atom. The van der Waals surface area contributed by atoms with Crippen LogP contribution in [0.2, 0.25) is 0 Å². The average Bonchev–Trinajstić information content (AvgIpc) is 3.16. The first kappa shape index (κ1) is 14.9. The molecule has 0 aliphatic rings. The van der Waals surface area contributed by atoms with Crippen molar-refractivity contribution < 1.29 is 8.42 Å². The number of nitrogens with zero attached hydrogens (tertiary/aromatic N) is 3. The van der Waals surface area contributed by atoms with Crippen LogP contribution in [-0.2, 0) is 10.0 Å². The molecule has 120 valence electrons. The zero-order valence-corrected chi connectivity index (χ0v) is 14.0. The summed E-state index contributed by atoms with van der Waals surface area (Å²) < 4.78 is 28.8. The van der Waals surface area contributed by atoms with Gasteiger partial charge in [-0.05, 0) is 12.1 Å². The maximum atomic E-state index is 12.4. The molecule has 0 fully saturated rings. The van der Waals surface area contributed by atoms with Crippen molar-refractivity contribution >= 4 is 32.3 Å². The molecule has 2 heterocycles.